The number of carbonyl (C=O) groups is 1. The summed E-state index contributed by atoms with van der Waals surface area (Å²) in [5.41, 5.74) is 8.79. The number of para-hydroxylation sites is 2. The van der Waals surface area contributed by atoms with E-state index in [0.717, 1.165) is 4.88 Å². The van der Waals surface area contributed by atoms with Crippen molar-refractivity contribution in [2.24, 2.45) is 5.10 Å². The van der Waals surface area contributed by atoms with Crippen molar-refractivity contribution >= 4 is 51.5 Å². The highest BCUT2D eigenvalue weighted by Gasteiger charge is 2.23. The summed E-state index contributed by atoms with van der Waals surface area (Å²) in [6.45, 7) is 0.760. The van der Waals surface area contributed by atoms with Gasteiger partial charge >= 0.3 is 0 Å². The van der Waals surface area contributed by atoms with E-state index in [9.17, 15) is 4.79 Å². The SMILES string of the molecule is COCCNC(=O)c1c(N)n(/N=C/c2cccs2)c2nc3ccccc3nc12. The zero-order valence-corrected chi connectivity index (χ0v) is 15.9. The van der Waals surface area contributed by atoms with Gasteiger partial charge in [0.05, 0.1) is 23.9 Å². The molecule has 0 aliphatic carbocycles. The fraction of sp³-hybridized carbons (Fsp3) is 0.158. The van der Waals surface area contributed by atoms with E-state index in [1.165, 1.54) is 4.68 Å². The standard InChI is InChI=1S/C19H18N6O2S/c1-27-9-8-21-19(26)15-16-18(24-14-7-3-2-6-13(14)23-16)25(17(15)20)22-11-12-5-4-10-28-12/h2-7,10-11H,8-9,20H2,1H3,(H,21,26)/b22-11+. The van der Waals surface area contributed by atoms with Crippen LogP contribution < -0.4 is 11.1 Å². The number of amides is 1. The molecule has 3 aromatic heterocycles. The van der Waals surface area contributed by atoms with Gasteiger partial charge < -0.3 is 15.8 Å². The highest BCUT2D eigenvalue weighted by Crippen LogP contribution is 2.27. The fourth-order valence-corrected chi connectivity index (χ4v) is 3.40. The molecule has 3 heterocycles. The Bertz CT molecular complexity index is 1170. The Balaban J connectivity index is 1.88. The van der Waals surface area contributed by atoms with E-state index in [-0.39, 0.29) is 17.3 Å². The van der Waals surface area contributed by atoms with Crippen molar-refractivity contribution in [2.75, 3.05) is 26.0 Å². The summed E-state index contributed by atoms with van der Waals surface area (Å²) in [5.74, 6) is -0.151. The molecule has 0 radical (unpaired) electrons. The molecule has 0 fully saturated rings. The van der Waals surface area contributed by atoms with E-state index >= 15 is 0 Å². The Kier molecular flexibility index (Phi) is 5.00. The summed E-state index contributed by atoms with van der Waals surface area (Å²) in [6, 6.07) is 11.3. The first kappa shape index (κ1) is 18.1. The molecular weight excluding hydrogens is 376 g/mol. The number of anilines is 1. The van der Waals surface area contributed by atoms with Crippen LogP contribution in [-0.4, -0.2) is 47.0 Å². The van der Waals surface area contributed by atoms with Crippen LogP contribution in [-0.2, 0) is 4.74 Å². The second-order valence-electron chi connectivity index (χ2n) is 5.97. The summed E-state index contributed by atoms with van der Waals surface area (Å²) in [6.07, 6.45) is 1.68. The van der Waals surface area contributed by atoms with Gasteiger partial charge in [0, 0.05) is 18.5 Å². The van der Waals surface area contributed by atoms with Gasteiger partial charge in [-0.2, -0.15) is 9.78 Å². The second-order valence-corrected chi connectivity index (χ2v) is 6.94. The Morgan fingerprint density at radius 2 is 2.07 bits per heavy atom. The van der Waals surface area contributed by atoms with E-state index in [4.69, 9.17) is 10.5 Å². The molecule has 3 N–H and O–H groups in total. The Hall–Kier alpha value is -3.30. The van der Waals surface area contributed by atoms with Crippen LogP contribution >= 0.6 is 11.3 Å². The molecule has 28 heavy (non-hydrogen) atoms. The predicted molar refractivity (Wildman–Crippen MR) is 111 cm³/mol. The Morgan fingerprint density at radius 1 is 1.29 bits per heavy atom. The van der Waals surface area contributed by atoms with E-state index in [0.29, 0.717) is 35.3 Å². The molecular formula is C19H18N6O2S. The minimum atomic E-state index is -0.339. The summed E-state index contributed by atoms with van der Waals surface area (Å²) in [4.78, 5) is 23.0. The van der Waals surface area contributed by atoms with Gasteiger partial charge in [0.2, 0.25) is 0 Å². The normalized spacial score (nSPS) is 11.6. The number of aromatic nitrogens is 3. The number of rotatable bonds is 6. The van der Waals surface area contributed by atoms with E-state index in [1.807, 2.05) is 41.8 Å². The highest BCUT2D eigenvalue weighted by molar-refractivity contribution is 7.11. The van der Waals surface area contributed by atoms with Gasteiger partial charge in [-0.25, -0.2) is 9.97 Å². The number of nitrogens with zero attached hydrogens (tertiary/aromatic N) is 4. The van der Waals surface area contributed by atoms with Gasteiger partial charge in [-0.15, -0.1) is 11.3 Å². The van der Waals surface area contributed by atoms with E-state index in [2.05, 4.69) is 20.4 Å². The number of hydrogen-bond acceptors (Lipinski definition) is 7. The number of benzene rings is 1. The number of carbonyl (C=O) groups excluding carboxylic acids is 1. The van der Waals surface area contributed by atoms with Gasteiger partial charge in [-0.1, -0.05) is 18.2 Å². The van der Waals surface area contributed by atoms with Crippen LogP contribution in [0.3, 0.4) is 0 Å². The lowest BCUT2D eigenvalue weighted by Crippen LogP contribution is -2.27. The molecule has 9 heteroatoms. The van der Waals surface area contributed by atoms with Crippen LogP contribution in [0.4, 0.5) is 5.82 Å². The summed E-state index contributed by atoms with van der Waals surface area (Å²) in [7, 11) is 1.57. The molecule has 0 atom stereocenters. The number of nitrogen functional groups attached to an aromatic ring is 1. The Labute approximate surface area is 164 Å². The minimum absolute atomic E-state index is 0.188. The van der Waals surface area contributed by atoms with Gasteiger partial charge in [0.25, 0.3) is 5.91 Å². The number of ether oxygens (including phenoxy) is 1. The van der Waals surface area contributed by atoms with Crippen LogP contribution in [0.25, 0.3) is 22.2 Å². The van der Waals surface area contributed by atoms with E-state index < -0.39 is 0 Å². The molecule has 4 aromatic rings. The molecule has 0 aliphatic heterocycles. The lowest BCUT2D eigenvalue weighted by molar-refractivity contribution is 0.0939. The fourth-order valence-electron chi connectivity index (χ4n) is 2.82. The number of thiophene rings is 1. The third kappa shape index (κ3) is 3.32. The number of hydrogen-bond donors (Lipinski definition) is 2. The summed E-state index contributed by atoms with van der Waals surface area (Å²) in [5, 5.41) is 9.20. The molecule has 1 aromatic carbocycles. The topological polar surface area (TPSA) is 107 Å². The maximum atomic E-state index is 12.8. The van der Waals surface area contributed by atoms with Crippen LogP contribution in [0.5, 0.6) is 0 Å². The molecule has 0 spiro atoms. The first-order valence-corrected chi connectivity index (χ1v) is 9.48. The van der Waals surface area contributed by atoms with E-state index in [1.54, 1.807) is 24.7 Å². The van der Waals surface area contributed by atoms with Crippen LogP contribution in [0.2, 0.25) is 0 Å². The van der Waals surface area contributed by atoms with Gasteiger partial charge in [-0.3, -0.25) is 4.79 Å². The zero-order chi connectivity index (χ0) is 19.5. The van der Waals surface area contributed by atoms with Crippen molar-refractivity contribution in [1.29, 1.82) is 0 Å². The monoisotopic (exact) mass is 394 g/mol. The molecule has 4 rings (SSSR count). The number of methoxy groups -OCH3 is 1. The minimum Gasteiger partial charge on any atom is -0.383 e. The molecule has 0 bridgehead atoms. The van der Waals surface area contributed by atoms with Crippen LogP contribution in [0.15, 0.2) is 46.9 Å². The van der Waals surface area contributed by atoms with Crippen LogP contribution in [0.1, 0.15) is 15.2 Å². The average molecular weight is 394 g/mol. The maximum absolute atomic E-state index is 12.8. The van der Waals surface area contributed by atoms with Gasteiger partial charge in [-0.05, 0) is 23.6 Å². The van der Waals surface area contributed by atoms with Crippen molar-refractivity contribution < 1.29 is 9.53 Å². The van der Waals surface area contributed by atoms with Crippen molar-refractivity contribution in [3.63, 3.8) is 0 Å². The molecule has 1 amide bonds. The quantitative estimate of drug-likeness (QED) is 0.386. The lowest BCUT2D eigenvalue weighted by atomic mass is 10.2. The largest absolute Gasteiger partial charge is 0.383 e. The average Bonchev–Trinajstić information content (AvgIpc) is 3.30. The lowest BCUT2D eigenvalue weighted by Gasteiger charge is -2.04. The van der Waals surface area contributed by atoms with Crippen molar-refractivity contribution in [3.05, 3.63) is 52.2 Å². The summed E-state index contributed by atoms with van der Waals surface area (Å²) < 4.78 is 6.45. The Morgan fingerprint density at radius 3 is 2.79 bits per heavy atom. The third-order valence-corrected chi connectivity index (χ3v) is 4.94. The molecule has 0 saturated carbocycles. The smallest absolute Gasteiger partial charge is 0.257 e. The number of nitrogens with one attached hydrogen (secondary N) is 1. The summed E-state index contributed by atoms with van der Waals surface area (Å²) >= 11 is 1.55. The molecule has 0 saturated heterocycles. The number of nitrogens with two attached hydrogens (primary N) is 1. The van der Waals surface area contributed by atoms with Crippen molar-refractivity contribution in [3.8, 4) is 0 Å². The first-order valence-electron chi connectivity index (χ1n) is 8.60. The second kappa shape index (κ2) is 7.75. The highest BCUT2D eigenvalue weighted by atomic mass is 32.1. The molecule has 142 valence electrons. The van der Waals surface area contributed by atoms with Gasteiger partial charge in [0.1, 0.15) is 16.9 Å². The maximum Gasteiger partial charge on any atom is 0.257 e. The van der Waals surface area contributed by atoms with Crippen molar-refractivity contribution in [2.45, 2.75) is 0 Å². The predicted octanol–water partition coefficient (Wildman–Crippen LogP) is 2.49. The third-order valence-electron chi connectivity index (χ3n) is 4.14. The van der Waals surface area contributed by atoms with Crippen molar-refractivity contribution in [1.82, 2.24) is 20.0 Å². The number of fused-ring (bicyclic) bond motifs is 2. The molecule has 8 nitrogen and oxygen atoms in total. The molecule has 0 unspecified atom stereocenters. The molecule has 0 aliphatic rings. The zero-order valence-electron chi connectivity index (χ0n) is 15.1. The first-order chi connectivity index (χ1) is 13.7. The van der Waals surface area contributed by atoms with Gasteiger partial charge in [0.15, 0.2) is 5.65 Å². The van der Waals surface area contributed by atoms with Crippen LogP contribution in [0, 0.1) is 0 Å².